The summed E-state index contributed by atoms with van der Waals surface area (Å²) >= 11 is 3.08. The number of carbonyl (C=O) groups excluding carboxylic acids is 1. The smallest absolute Gasteiger partial charge is 0.285 e. The van der Waals surface area contributed by atoms with Gasteiger partial charge >= 0.3 is 0 Å². The van der Waals surface area contributed by atoms with E-state index in [0.29, 0.717) is 11.4 Å². The van der Waals surface area contributed by atoms with Gasteiger partial charge in [-0.3, -0.25) is 4.79 Å². The van der Waals surface area contributed by atoms with E-state index in [2.05, 4.69) is 4.98 Å². The van der Waals surface area contributed by atoms with Gasteiger partial charge in [0.2, 0.25) is 0 Å². The molecule has 33 heavy (non-hydrogen) atoms. The molecule has 0 unspecified atom stereocenters. The van der Waals surface area contributed by atoms with Crippen LogP contribution in [-0.4, -0.2) is 41.4 Å². The predicted octanol–water partition coefficient (Wildman–Crippen LogP) is 6.15. The highest BCUT2D eigenvalue weighted by atomic mass is 32.1. The van der Waals surface area contributed by atoms with Crippen LogP contribution >= 0.6 is 22.7 Å². The van der Waals surface area contributed by atoms with Crippen molar-refractivity contribution in [3.63, 3.8) is 0 Å². The number of thiophene rings is 1. The fourth-order valence-electron chi connectivity index (χ4n) is 4.34. The molecule has 0 spiro atoms. The molecule has 1 amide bonds. The SMILES string of the molecule is COc1ccc(C2=NN(C(=O)c3sc(-c4cccs4)nc3C)CCC2)cc1OC1CCCC1. The molecule has 2 aromatic heterocycles. The normalized spacial score (nSPS) is 16.7. The number of benzene rings is 1. The minimum Gasteiger partial charge on any atom is -0.493 e. The highest BCUT2D eigenvalue weighted by molar-refractivity contribution is 7.22. The van der Waals surface area contributed by atoms with Gasteiger partial charge in [0.15, 0.2) is 11.5 Å². The Morgan fingerprint density at radius 2 is 2.00 bits per heavy atom. The monoisotopic (exact) mass is 481 g/mol. The van der Waals surface area contributed by atoms with Crippen LogP contribution in [0.5, 0.6) is 11.5 Å². The van der Waals surface area contributed by atoms with Crippen LogP contribution in [0, 0.1) is 6.92 Å². The zero-order valence-corrected chi connectivity index (χ0v) is 20.5. The summed E-state index contributed by atoms with van der Waals surface area (Å²) in [5, 5.41) is 9.26. The second-order valence-electron chi connectivity index (χ2n) is 8.38. The summed E-state index contributed by atoms with van der Waals surface area (Å²) in [6.45, 7) is 2.50. The van der Waals surface area contributed by atoms with Crippen molar-refractivity contribution in [2.75, 3.05) is 13.7 Å². The Kier molecular flexibility index (Phi) is 6.46. The lowest BCUT2D eigenvalue weighted by atomic mass is 10.0. The zero-order chi connectivity index (χ0) is 22.8. The molecular formula is C25H27N3O3S2. The van der Waals surface area contributed by atoms with E-state index in [-0.39, 0.29) is 12.0 Å². The molecule has 6 nitrogen and oxygen atoms in total. The lowest BCUT2D eigenvalue weighted by Gasteiger charge is -2.24. The van der Waals surface area contributed by atoms with Gasteiger partial charge in [-0.1, -0.05) is 6.07 Å². The number of nitrogens with zero attached hydrogens (tertiary/aromatic N) is 3. The van der Waals surface area contributed by atoms with E-state index in [4.69, 9.17) is 14.6 Å². The lowest BCUT2D eigenvalue weighted by Crippen LogP contribution is -2.32. The fraction of sp³-hybridized carbons (Fsp3) is 0.400. The maximum Gasteiger partial charge on any atom is 0.285 e. The topological polar surface area (TPSA) is 64.0 Å². The van der Waals surface area contributed by atoms with Crippen LogP contribution in [0.1, 0.15) is 59.5 Å². The molecular weight excluding hydrogens is 454 g/mol. The van der Waals surface area contributed by atoms with Crippen molar-refractivity contribution < 1.29 is 14.3 Å². The maximum atomic E-state index is 13.3. The van der Waals surface area contributed by atoms with Gasteiger partial charge in [0, 0.05) is 12.1 Å². The summed E-state index contributed by atoms with van der Waals surface area (Å²) in [5.74, 6) is 1.41. The Morgan fingerprint density at radius 1 is 1.15 bits per heavy atom. The first-order chi connectivity index (χ1) is 16.1. The summed E-state index contributed by atoms with van der Waals surface area (Å²) in [7, 11) is 1.66. The van der Waals surface area contributed by atoms with Crippen molar-refractivity contribution in [1.29, 1.82) is 0 Å². The molecule has 8 heteroatoms. The van der Waals surface area contributed by atoms with Crippen LogP contribution in [0.15, 0.2) is 40.8 Å². The van der Waals surface area contributed by atoms with E-state index in [0.717, 1.165) is 64.0 Å². The average Bonchev–Trinajstić information content (AvgIpc) is 3.61. The zero-order valence-electron chi connectivity index (χ0n) is 18.9. The molecule has 1 aromatic carbocycles. The Balaban J connectivity index is 1.39. The van der Waals surface area contributed by atoms with Gasteiger partial charge in [-0.05, 0) is 75.1 Å². The molecule has 0 radical (unpaired) electrons. The molecule has 1 aliphatic carbocycles. The molecule has 5 rings (SSSR count). The molecule has 1 saturated carbocycles. The second-order valence-corrected chi connectivity index (χ2v) is 10.3. The van der Waals surface area contributed by atoms with Gasteiger partial charge in [0.1, 0.15) is 9.88 Å². The van der Waals surface area contributed by atoms with Crippen LogP contribution in [-0.2, 0) is 0 Å². The third-order valence-corrected chi connectivity index (χ3v) is 8.26. The molecule has 2 aliphatic rings. The highest BCUT2D eigenvalue weighted by Crippen LogP contribution is 2.34. The van der Waals surface area contributed by atoms with Gasteiger partial charge in [-0.15, -0.1) is 22.7 Å². The Labute approximate surface area is 201 Å². The maximum absolute atomic E-state index is 13.3. The third kappa shape index (κ3) is 4.68. The molecule has 0 N–H and O–H groups in total. The largest absolute Gasteiger partial charge is 0.493 e. The van der Waals surface area contributed by atoms with Gasteiger partial charge in [-0.25, -0.2) is 9.99 Å². The molecule has 1 aliphatic heterocycles. The quantitative estimate of drug-likeness (QED) is 0.424. The van der Waals surface area contributed by atoms with Crippen LogP contribution in [0.2, 0.25) is 0 Å². The number of hydrogen-bond donors (Lipinski definition) is 0. The Bertz CT molecular complexity index is 1160. The van der Waals surface area contributed by atoms with E-state index < -0.39 is 0 Å². The highest BCUT2D eigenvalue weighted by Gasteiger charge is 2.26. The van der Waals surface area contributed by atoms with E-state index in [1.165, 1.54) is 24.2 Å². The Morgan fingerprint density at radius 3 is 2.76 bits per heavy atom. The molecule has 3 heterocycles. The number of hydrogen-bond acceptors (Lipinski definition) is 7. The Hall–Kier alpha value is -2.71. The summed E-state index contributed by atoms with van der Waals surface area (Å²) in [4.78, 5) is 19.7. The first-order valence-electron chi connectivity index (χ1n) is 11.4. The van der Waals surface area contributed by atoms with Gasteiger partial charge < -0.3 is 9.47 Å². The minimum absolute atomic E-state index is 0.0825. The molecule has 0 bridgehead atoms. The van der Waals surface area contributed by atoms with E-state index >= 15 is 0 Å². The van der Waals surface area contributed by atoms with Crippen LogP contribution < -0.4 is 9.47 Å². The van der Waals surface area contributed by atoms with E-state index in [1.807, 2.05) is 42.6 Å². The molecule has 0 saturated heterocycles. The van der Waals surface area contributed by atoms with Gasteiger partial charge in [0.25, 0.3) is 5.91 Å². The third-order valence-electron chi connectivity index (χ3n) is 6.07. The number of aromatic nitrogens is 1. The average molecular weight is 482 g/mol. The number of rotatable bonds is 6. The first kappa shape index (κ1) is 22.1. The van der Waals surface area contributed by atoms with Crippen molar-refractivity contribution >= 4 is 34.3 Å². The van der Waals surface area contributed by atoms with Gasteiger partial charge in [0.05, 0.1) is 29.5 Å². The van der Waals surface area contributed by atoms with Crippen molar-refractivity contribution in [3.05, 3.63) is 51.8 Å². The number of hydrazone groups is 1. The number of ether oxygens (including phenoxy) is 2. The van der Waals surface area contributed by atoms with Crippen molar-refractivity contribution in [2.45, 2.75) is 51.6 Å². The summed E-state index contributed by atoms with van der Waals surface area (Å²) < 4.78 is 11.8. The molecule has 172 valence electrons. The van der Waals surface area contributed by atoms with E-state index in [1.54, 1.807) is 23.5 Å². The summed E-state index contributed by atoms with van der Waals surface area (Å²) in [6.07, 6.45) is 6.51. The standard InChI is InChI=1S/C25H27N3O3S2/c1-16-23(33-24(26-16)22-10-6-14-32-22)25(29)28-13-5-9-19(27-28)17-11-12-20(30-2)21(15-17)31-18-7-3-4-8-18/h6,10-12,14-15,18H,3-5,7-9,13H2,1-2H3. The van der Waals surface area contributed by atoms with Crippen LogP contribution in [0.3, 0.4) is 0 Å². The molecule has 1 fully saturated rings. The minimum atomic E-state index is -0.0825. The lowest BCUT2D eigenvalue weighted by molar-refractivity contribution is 0.0755. The van der Waals surface area contributed by atoms with Crippen molar-refractivity contribution in [1.82, 2.24) is 9.99 Å². The fourth-order valence-corrected chi connectivity index (χ4v) is 6.15. The number of thiazole rings is 1. The number of aryl methyl sites for hydroxylation is 1. The number of methoxy groups -OCH3 is 1. The summed E-state index contributed by atoms with van der Waals surface area (Å²) in [6, 6.07) is 9.97. The molecule has 0 atom stereocenters. The van der Waals surface area contributed by atoms with Crippen LogP contribution in [0.4, 0.5) is 0 Å². The van der Waals surface area contributed by atoms with Crippen molar-refractivity contribution in [3.8, 4) is 21.4 Å². The number of carbonyl (C=O) groups is 1. The van der Waals surface area contributed by atoms with E-state index in [9.17, 15) is 4.79 Å². The van der Waals surface area contributed by atoms with Crippen molar-refractivity contribution in [2.24, 2.45) is 5.10 Å². The van der Waals surface area contributed by atoms with Gasteiger partial charge in [-0.2, -0.15) is 5.10 Å². The van der Waals surface area contributed by atoms with Crippen LogP contribution in [0.25, 0.3) is 9.88 Å². The molecule has 3 aromatic rings. The number of amides is 1. The second kappa shape index (κ2) is 9.65. The summed E-state index contributed by atoms with van der Waals surface area (Å²) in [5.41, 5.74) is 2.63. The predicted molar refractivity (Wildman–Crippen MR) is 133 cm³/mol. The first-order valence-corrected chi connectivity index (χ1v) is 13.1.